The Morgan fingerprint density at radius 2 is 1.90 bits per heavy atom. The summed E-state index contributed by atoms with van der Waals surface area (Å²) < 4.78 is 10.3. The zero-order valence-corrected chi connectivity index (χ0v) is 17.2. The van der Waals surface area contributed by atoms with Gasteiger partial charge in [0.15, 0.2) is 6.10 Å². The summed E-state index contributed by atoms with van der Waals surface area (Å²) in [7, 11) is 3.15. The van der Waals surface area contributed by atoms with Gasteiger partial charge in [0.1, 0.15) is 0 Å². The van der Waals surface area contributed by atoms with E-state index in [-0.39, 0.29) is 17.2 Å². The van der Waals surface area contributed by atoms with E-state index in [1.54, 1.807) is 7.05 Å². The first-order valence-electron chi connectivity index (χ1n) is 9.34. The van der Waals surface area contributed by atoms with E-state index < -0.39 is 17.0 Å². The standard InChI is InChI=1S/C21H25N3O6/c1-15(20(25)23(2)14-16-7-5-4-6-8-16)30-21(26)18-13-17(24(27)28)9-10-19(18)22-11-12-29-3/h4-10,13,15,22H,11-12,14H2,1-3H3/t15-/m1/s1. The Morgan fingerprint density at radius 1 is 1.20 bits per heavy atom. The number of hydrogen-bond acceptors (Lipinski definition) is 7. The first-order valence-corrected chi connectivity index (χ1v) is 9.34. The molecule has 0 fully saturated rings. The number of nitrogens with zero attached hydrogens (tertiary/aromatic N) is 2. The highest BCUT2D eigenvalue weighted by Gasteiger charge is 2.25. The zero-order chi connectivity index (χ0) is 22.1. The number of nitro groups is 1. The molecule has 0 aromatic heterocycles. The van der Waals surface area contributed by atoms with Crippen molar-refractivity contribution in [3.63, 3.8) is 0 Å². The molecule has 1 N–H and O–H groups in total. The van der Waals surface area contributed by atoms with Crippen molar-refractivity contribution in [1.29, 1.82) is 0 Å². The number of rotatable bonds is 10. The van der Waals surface area contributed by atoms with E-state index in [9.17, 15) is 19.7 Å². The quantitative estimate of drug-likeness (QED) is 0.275. The molecule has 0 aliphatic heterocycles. The lowest BCUT2D eigenvalue weighted by Crippen LogP contribution is -2.37. The van der Waals surface area contributed by atoms with Crippen molar-refractivity contribution in [2.75, 3.05) is 32.6 Å². The molecular weight excluding hydrogens is 390 g/mol. The number of anilines is 1. The summed E-state index contributed by atoms with van der Waals surface area (Å²) >= 11 is 0. The van der Waals surface area contributed by atoms with Crippen LogP contribution in [0.2, 0.25) is 0 Å². The molecule has 0 aliphatic carbocycles. The van der Waals surface area contributed by atoms with Crippen molar-refractivity contribution in [3.8, 4) is 0 Å². The molecule has 160 valence electrons. The Labute approximate surface area is 174 Å². The van der Waals surface area contributed by atoms with Crippen molar-refractivity contribution in [2.45, 2.75) is 19.6 Å². The van der Waals surface area contributed by atoms with Gasteiger partial charge in [0.2, 0.25) is 0 Å². The van der Waals surface area contributed by atoms with Crippen LogP contribution in [0.1, 0.15) is 22.8 Å². The molecule has 0 bridgehead atoms. The summed E-state index contributed by atoms with van der Waals surface area (Å²) in [5.41, 5.74) is 1.03. The van der Waals surface area contributed by atoms with Gasteiger partial charge in [-0.1, -0.05) is 30.3 Å². The van der Waals surface area contributed by atoms with Crippen molar-refractivity contribution < 1.29 is 24.0 Å². The van der Waals surface area contributed by atoms with E-state index >= 15 is 0 Å². The number of likely N-dealkylation sites (N-methyl/N-ethyl adjacent to an activating group) is 1. The molecule has 0 radical (unpaired) electrons. The van der Waals surface area contributed by atoms with Crippen molar-refractivity contribution in [2.24, 2.45) is 0 Å². The molecular formula is C21H25N3O6. The average Bonchev–Trinajstić information content (AvgIpc) is 2.73. The fourth-order valence-electron chi connectivity index (χ4n) is 2.78. The third-order valence-electron chi connectivity index (χ3n) is 4.33. The van der Waals surface area contributed by atoms with Gasteiger partial charge >= 0.3 is 5.97 Å². The highest BCUT2D eigenvalue weighted by Crippen LogP contribution is 2.23. The summed E-state index contributed by atoms with van der Waals surface area (Å²) in [5.74, 6) is -1.21. The number of carbonyl (C=O) groups excluding carboxylic acids is 2. The van der Waals surface area contributed by atoms with Gasteiger partial charge in [0, 0.05) is 45.1 Å². The summed E-state index contributed by atoms with van der Waals surface area (Å²) in [6, 6.07) is 13.3. The summed E-state index contributed by atoms with van der Waals surface area (Å²) in [6.45, 7) is 2.60. The van der Waals surface area contributed by atoms with Crippen LogP contribution in [-0.4, -0.2) is 55.1 Å². The topological polar surface area (TPSA) is 111 Å². The second-order valence-electron chi connectivity index (χ2n) is 6.63. The second-order valence-corrected chi connectivity index (χ2v) is 6.63. The lowest BCUT2D eigenvalue weighted by molar-refractivity contribution is -0.384. The predicted molar refractivity (Wildman–Crippen MR) is 111 cm³/mol. The molecule has 0 saturated carbocycles. The molecule has 30 heavy (non-hydrogen) atoms. The van der Waals surface area contributed by atoms with E-state index in [4.69, 9.17) is 9.47 Å². The van der Waals surface area contributed by atoms with E-state index in [2.05, 4.69) is 5.32 Å². The highest BCUT2D eigenvalue weighted by atomic mass is 16.6. The minimum atomic E-state index is -1.06. The third kappa shape index (κ3) is 6.28. The Kier molecular flexibility index (Phi) is 8.30. The van der Waals surface area contributed by atoms with Crippen molar-refractivity contribution in [3.05, 3.63) is 69.8 Å². The van der Waals surface area contributed by atoms with Gasteiger partial charge in [0.05, 0.1) is 17.1 Å². The molecule has 1 atom stereocenters. The minimum Gasteiger partial charge on any atom is -0.449 e. The molecule has 0 spiro atoms. The predicted octanol–water partition coefficient (Wildman–Crippen LogP) is 2.86. The first-order chi connectivity index (χ1) is 14.3. The number of non-ortho nitro benzene ring substituents is 1. The maximum Gasteiger partial charge on any atom is 0.341 e. The van der Waals surface area contributed by atoms with Gasteiger partial charge in [-0.25, -0.2) is 4.79 Å². The van der Waals surface area contributed by atoms with Gasteiger partial charge in [-0.15, -0.1) is 0 Å². The van der Waals surface area contributed by atoms with Gasteiger partial charge < -0.3 is 19.7 Å². The number of amides is 1. The number of benzene rings is 2. The van der Waals surface area contributed by atoms with Crippen LogP contribution in [0.4, 0.5) is 11.4 Å². The summed E-state index contributed by atoms with van der Waals surface area (Å²) in [5, 5.41) is 14.1. The monoisotopic (exact) mass is 415 g/mol. The minimum absolute atomic E-state index is 0.0225. The van der Waals surface area contributed by atoms with Crippen LogP contribution in [0.3, 0.4) is 0 Å². The number of methoxy groups -OCH3 is 1. The van der Waals surface area contributed by atoms with Crippen molar-refractivity contribution in [1.82, 2.24) is 4.90 Å². The van der Waals surface area contributed by atoms with Crippen LogP contribution in [0.25, 0.3) is 0 Å². The zero-order valence-electron chi connectivity index (χ0n) is 17.2. The maximum absolute atomic E-state index is 12.7. The molecule has 0 saturated heterocycles. The Bertz CT molecular complexity index is 888. The molecule has 9 nitrogen and oxygen atoms in total. The number of nitrogens with one attached hydrogen (secondary N) is 1. The SMILES string of the molecule is COCCNc1ccc([N+](=O)[O-])cc1C(=O)O[C@H](C)C(=O)N(C)Cc1ccccc1. The van der Waals surface area contributed by atoms with Crippen LogP contribution in [0.15, 0.2) is 48.5 Å². The fraction of sp³-hybridized carbons (Fsp3) is 0.333. The van der Waals surface area contributed by atoms with E-state index in [1.165, 1.54) is 31.1 Å². The Balaban J connectivity index is 2.11. The second kappa shape index (κ2) is 10.9. The molecule has 0 aliphatic rings. The molecule has 2 rings (SSSR count). The number of hydrogen-bond donors (Lipinski definition) is 1. The summed E-state index contributed by atoms with van der Waals surface area (Å²) in [4.78, 5) is 37.2. The lowest BCUT2D eigenvalue weighted by atomic mass is 10.1. The average molecular weight is 415 g/mol. The van der Waals surface area contributed by atoms with Crippen LogP contribution in [0, 0.1) is 10.1 Å². The third-order valence-corrected chi connectivity index (χ3v) is 4.33. The normalized spacial score (nSPS) is 11.4. The maximum atomic E-state index is 12.7. The van der Waals surface area contributed by atoms with E-state index in [0.717, 1.165) is 11.6 Å². The first kappa shape index (κ1) is 22.8. The molecule has 0 unspecified atom stereocenters. The largest absolute Gasteiger partial charge is 0.449 e. The van der Waals surface area contributed by atoms with Gasteiger partial charge in [-0.2, -0.15) is 0 Å². The molecule has 0 heterocycles. The number of ether oxygens (including phenoxy) is 2. The number of nitro benzene ring substituents is 1. The molecule has 9 heteroatoms. The summed E-state index contributed by atoms with van der Waals surface area (Å²) in [6.07, 6.45) is -1.06. The van der Waals surface area contributed by atoms with Gasteiger partial charge in [-0.05, 0) is 18.6 Å². The van der Waals surface area contributed by atoms with Crippen molar-refractivity contribution >= 4 is 23.3 Å². The highest BCUT2D eigenvalue weighted by molar-refractivity contribution is 5.98. The van der Waals surface area contributed by atoms with Gasteiger partial charge in [-0.3, -0.25) is 14.9 Å². The molecule has 2 aromatic rings. The van der Waals surface area contributed by atoms with Crippen LogP contribution < -0.4 is 5.32 Å². The Morgan fingerprint density at radius 3 is 2.53 bits per heavy atom. The molecule has 1 amide bonds. The van der Waals surface area contributed by atoms with Gasteiger partial charge in [0.25, 0.3) is 11.6 Å². The Hall–Kier alpha value is -3.46. The van der Waals surface area contributed by atoms with Crippen LogP contribution in [-0.2, 0) is 20.8 Å². The van der Waals surface area contributed by atoms with E-state index in [1.807, 2.05) is 30.3 Å². The number of esters is 1. The number of carbonyl (C=O) groups is 2. The smallest absolute Gasteiger partial charge is 0.341 e. The van der Waals surface area contributed by atoms with E-state index in [0.29, 0.717) is 25.4 Å². The fourth-order valence-corrected chi connectivity index (χ4v) is 2.78. The van der Waals surface area contributed by atoms with Crippen LogP contribution in [0.5, 0.6) is 0 Å². The molecule has 2 aromatic carbocycles. The lowest BCUT2D eigenvalue weighted by Gasteiger charge is -2.22. The van der Waals surface area contributed by atoms with Crippen LogP contribution >= 0.6 is 0 Å².